The third-order valence-electron chi connectivity index (χ3n) is 4.25. The molecule has 3 rings (SSSR count). The first-order valence-electron chi connectivity index (χ1n) is 8.97. The number of ether oxygens (including phenoxy) is 3. The van der Waals surface area contributed by atoms with Crippen molar-refractivity contribution in [1.29, 1.82) is 0 Å². The minimum atomic E-state index is -0.436. The standard InChI is InChI=1S/C20H19Cl3N2O5/c1-28-5-6-29-7-8-30-20-17-16(27)9-12(11-26)25(19(17)15(23)10-24-20)18-13(21)3-2-4-14(18)22/h2-4,9-10,26H,5-8,11H2,1H3. The van der Waals surface area contributed by atoms with Gasteiger partial charge in [-0.2, -0.15) is 0 Å². The van der Waals surface area contributed by atoms with E-state index in [1.807, 2.05) is 0 Å². The molecule has 2 heterocycles. The molecule has 160 valence electrons. The zero-order valence-corrected chi connectivity index (χ0v) is 18.3. The summed E-state index contributed by atoms with van der Waals surface area (Å²) >= 11 is 19.2. The van der Waals surface area contributed by atoms with Crippen molar-refractivity contribution in [3.63, 3.8) is 0 Å². The molecule has 2 aromatic heterocycles. The Morgan fingerprint density at radius 2 is 1.77 bits per heavy atom. The third-order valence-corrected chi connectivity index (χ3v) is 5.13. The molecule has 1 aromatic carbocycles. The minimum Gasteiger partial charge on any atom is -0.475 e. The van der Waals surface area contributed by atoms with Crippen molar-refractivity contribution in [2.75, 3.05) is 33.5 Å². The first kappa shape index (κ1) is 22.8. The average Bonchev–Trinajstić information content (AvgIpc) is 2.72. The van der Waals surface area contributed by atoms with Gasteiger partial charge in [-0.25, -0.2) is 4.98 Å². The summed E-state index contributed by atoms with van der Waals surface area (Å²) in [5.41, 5.74) is 0.536. The number of aromatic nitrogens is 2. The van der Waals surface area contributed by atoms with Crippen LogP contribution in [0.5, 0.6) is 5.88 Å². The summed E-state index contributed by atoms with van der Waals surface area (Å²) in [7, 11) is 1.58. The third kappa shape index (κ3) is 4.72. The van der Waals surface area contributed by atoms with Crippen LogP contribution in [0.25, 0.3) is 16.6 Å². The number of hydrogen-bond acceptors (Lipinski definition) is 6. The molecule has 0 saturated heterocycles. The molecule has 7 nitrogen and oxygen atoms in total. The molecule has 0 aliphatic heterocycles. The van der Waals surface area contributed by atoms with Gasteiger partial charge in [-0.15, -0.1) is 0 Å². The van der Waals surface area contributed by atoms with Crippen LogP contribution in [-0.4, -0.2) is 48.2 Å². The molecular weight excluding hydrogens is 455 g/mol. The predicted octanol–water partition coefficient (Wildman–Crippen LogP) is 3.88. The van der Waals surface area contributed by atoms with Crippen molar-refractivity contribution < 1.29 is 19.3 Å². The lowest BCUT2D eigenvalue weighted by molar-refractivity contribution is 0.0539. The van der Waals surface area contributed by atoms with Gasteiger partial charge < -0.3 is 23.9 Å². The number of benzene rings is 1. The van der Waals surface area contributed by atoms with Crippen molar-refractivity contribution >= 4 is 45.7 Å². The Hall–Kier alpha value is -1.87. The topological polar surface area (TPSA) is 82.8 Å². The van der Waals surface area contributed by atoms with E-state index in [9.17, 15) is 9.90 Å². The van der Waals surface area contributed by atoms with E-state index in [-0.39, 0.29) is 40.7 Å². The Bertz CT molecular complexity index is 1080. The molecule has 0 aliphatic carbocycles. The molecule has 0 fully saturated rings. The summed E-state index contributed by atoms with van der Waals surface area (Å²) in [6.45, 7) is 0.909. The highest BCUT2D eigenvalue weighted by molar-refractivity contribution is 6.38. The smallest absolute Gasteiger partial charge is 0.227 e. The van der Waals surface area contributed by atoms with Crippen LogP contribution in [0.2, 0.25) is 15.1 Å². The minimum absolute atomic E-state index is 0.0937. The lowest BCUT2D eigenvalue weighted by Gasteiger charge is -2.20. The van der Waals surface area contributed by atoms with Gasteiger partial charge in [0, 0.05) is 13.2 Å². The van der Waals surface area contributed by atoms with Crippen LogP contribution < -0.4 is 10.2 Å². The number of aliphatic hydroxyl groups is 1. The van der Waals surface area contributed by atoms with E-state index < -0.39 is 12.0 Å². The van der Waals surface area contributed by atoms with Crippen molar-refractivity contribution in [2.45, 2.75) is 6.61 Å². The summed E-state index contributed by atoms with van der Waals surface area (Å²) in [5.74, 6) is 0.0937. The number of rotatable bonds is 9. The lowest BCUT2D eigenvalue weighted by atomic mass is 10.2. The lowest BCUT2D eigenvalue weighted by Crippen LogP contribution is -2.17. The van der Waals surface area contributed by atoms with E-state index in [1.54, 1.807) is 29.9 Å². The number of methoxy groups -OCH3 is 1. The Morgan fingerprint density at radius 1 is 1.07 bits per heavy atom. The largest absolute Gasteiger partial charge is 0.475 e. The van der Waals surface area contributed by atoms with Gasteiger partial charge in [0.05, 0.1) is 64.6 Å². The maximum Gasteiger partial charge on any atom is 0.227 e. The van der Waals surface area contributed by atoms with E-state index in [0.29, 0.717) is 28.9 Å². The highest BCUT2D eigenvalue weighted by atomic mass is 35.5. The average molecular weight is 474 g/mol. The van der Waals surface area contributed by atoms with Gasteiger partial charge in [-0.3, -0.25) is 4.79 Å². The molecule has 0 bridgehead atoms. The summed E-state index contributed by atoms with van der Waals surface area (Å²) in [5, 5.41) is 10.9. The van der Waals surface area contributed by atoms with E-state index in [0.717, 1.165) is 0 Å². The van der Waals surface area contributed by atoms with Gasteiger partial charge in [-0.05, 0) is 12.1 Å². The van der Waals surface area contributed by atoms with Crippen LogP contribution in [0.15, 0.2) is 35.3 Å². The van der Waals surface area contributed by atoms with Gasteiger partial charge in [-0.1, -0.05) is 40.9 Å². The number of para-hydroxylation sites is 1. The molecule has 0 radical (unpaired) electrons. The van der Waals surface area contributed by atoms with Crippen molar-refractivity contribution in [3.8, 4) is 11.6 Å². The monoisotopic (exact) mass is 472 g/mol. The summed E-state index contributed by atoms with van der Waals surface area (Å²) in [6, 6.07) is 6.27. The second-order valence-electron chi connectivity index (χ2n) is 6.15. The van der Waals surface area contributed by atoms with Gasteiger partial charge in [0.2, 0.25) is 5.88 Å². The maximum atomic E-state index is 12.8. The number of pyridine rings is 2. The molecule has 3 aromatic rings. The highest BCUT2D eigenvalue weighted by Crippen LogP contribution is 2.35. The molecule has 0 amide bonds. The van der Waals surface area contributed by atoms with Gasteiger partial charge in [0.25, 0.3) is 0 Å². The van der Waals surface area contributed by atoms with Crippen molar-refractivity contribution in [2.24, 2.45) is 0 Å². The first-order valence-corrected chi connectivity index (χ1v) is 10.1. The second-order valence-corrected chi connectivity index (χ2v) is 7.37. The van der Waals surface area contributed by atoms with Crippen molar-refractivity contribution in [3.05, 3.63) is 61.4 Å². The van der Waals surface area contributed by atoms with Crippen LogP contribution in [0.1, 0.15) is 5.69 Å². The van der Waals surface area contributed by atoms with E-state index in [2.05, 4.69) is 4.98 Å². The van der Waals surface area contributed by atoms with Crippen molar-refractivity contribution in [1.82, 2.24) is 9.55 Å². The van der Waals surface area contributed by atoms with Crippen LogP contribution in [-0.2, 0) is 16.1 Å². The molecule has 10 heteroatoms. The van der Waals surface area contributed by atoms with E-state index in [1.165, 1.54) is 12.3 Å². The molecular formula is C20H19Cl3N2O5. The number of fused-ring (bicyclic) bond motifs is 1. The van der Waals surface area contributed by atoms with E-state index in [4.69, 9.17) is 49.0 Å². The summed E-state index contributed by atoms with van der Waals surface area (Å²) < 4.78 is 17.5. The quantitative estimate of drug-likeness (QED) is 0.475. The molecule has 0 atom stereocenters. The predicted molar refractivity (Wildman–Crippen MR) is 116 cm³/mol. The fraction of sp³-hybridized carbons (Fsp3) is 0.300. The number of nitrogens with zero attached hydrogens (tertiary/aromatic N) is 2. The number of halogens is 3. The highest BCUT2D eigenvalue weighted by Gasteiger charge is 2.21. The van der Waals surface area contributed by atoms with Crippen LogP contribution >= 0.6 is 34.8 Å². The van der Waals surface area contributed by atoms with Gasteiger partial charge in [0.15, 0.2) is 5.43 Å². The molecule has 0 aliphatic rings. The normalized spacial score (nSPS) is 11.2. The second kappa shape index (κ2) is 10.4. The van der Waals surface area contributed by atoms with Crippen LogP contribution in [0.3, 0.4) is 0 Å². The SMILES string of the molecule is COCCOCCOc1ncc(Cl)c2c1c(=O)cc(CO)n2-c1c(Cl)cccc1Cl. The van der Waals surface area contributed by atoms with Crippen LogP contribution in [0, 0.1) is 0 Å². The zero-order valence-electron chi connectivity index (χ0n) is 16.0. The Morgan fingerprint density at radius 3 is 2.43 bits per heavy atom. The van der Waals surface area contributed by atoms with Gasteiger partial charge >= 0.3 is 0 Å². The molecule has 1 N–H and O–H groups in total. The van der Waals surface area contributed by atoms with Gasteiger partial charge in [0.1, 0.15) is 12.0 Å². The molecule has 0 spiro atoms. The molecule has 0 saturated carbocycles. The zero-order chi connectivity index (χ0) is 21.7. The molecule has 0 unspecified atom stereocenters. The van der Waals surface area contributed by atoms with Crippen LogP contribution in [0.4, 0.5) is 0 Å². The fourth-order valence-corrected chi connectivity index (χ4v) is 3.75. The Labute approximate surface area is 187 Å². The number of hydrogen-bond donors (Lipinski definition) is 1. The first-order chi connectivity index (χ1) is 14.5. The maximum absolute atomic E-state index is 12.8. The molecule has 30 heavy (non-hydrogen) atoms. The number of aliphatic hydroxyl groups excluding tert-OH is 1. The summed E-state index contributed by atoms with van der Waals surface area (Å²) in [6.07, 6.45) is 1.37. The Balaban J connectivity index is 2.14. The Kier molecular flexibility index (Phi) is 7.93. The summed E-state index contributed by atoms with van der Waals surface area (Å²) in [4.78, 5) is 17.0. The fourth-order valence-electron chi connectivity index (χ4n) is 2.96. The van der Waals surface area contributed by atoms with E-state index >= 15 is 0 Å².